The minimum Gasteiger partial charge on any atom is -0.481 e. The highest BCUT2D eigenvalue weighted by Gasteiger charge is 2.30. The first-order chi connectivity index (χ1) is 28.2. The molecule has 3 amide bonds. The Hall–Kier alpha value is -5.50. The lowest BCUT2D eigenvalue weighted by Crippen LogP contribution is -2.43. The number of aromatic nitrogens is 3. The molecule has 13 nitrogen and oxygen atoms in total. The second kappa shape index (κ2) is 17.4. The number of hydrogen-bond donors (Lipinski definition) is 3. The summed E-state index contributed by atoms with van der Waals surface area (Å²) in [6, 6.07) is 18.6. The van der Waals surface area contributed by atoms with E-state index in [1.54, 1.807) is 38.8 Å². The summed E-state index contributed by atoms with van der Waals surface area (Å²) in [6.45, 7) is 8.58. The van der Waals surface area contributed by atoms with Gasteiger partial charge in [0.25, 0.3) is 5.56 Å². The number of hydrogen-bond acceptors (Lipinski definition) is 9. The Kier molecular flexibility index (Phi) is 12.3. The second-order valence-electron chi connectivity index (χ2n) is 15.9. The number of nitrogens with one attached hydrogen (secondary N) is 3. The maximum Gasteiger partial charge on any atom is 0.410 e. The molecule has 0 aliphatic carbocycles. The molecule has 2 fully saturated rings. The Morgan fingerprint density at radius 1 is 0.898 bits per heavy atom. The van der Waals surface area contributed by atoms with E-state index in [0.29, 0.717) is 93.1 Å². The van der Waals surface area contributed by atoms with Gasteiger partial charge in [-0.3, -0.25) is 18.8 Å². The number of methoxy groups -OCH3 is 1. The van der Waals surface area contributed by atoms with Crippen molar-refractivity contribution in [2.75, 3.05) is 20.2 Å². The van der Waals surface area contributed by atoms with Crippen LogP contribution < -0.4 is 26.2 Å². The van der Waals surface area contributed by atoms with Crippen molar-refractivity contribution in [2.24, 2.45) is 0 Å². The molecule has 2 aliphatic rings. The van der Waals surface area contributed by atoms with E-state index in [2.05, 4.69) is 16.0 Å². The predicted molar refractivity (Wildman–Crippen MR) is 228 cm³/mol. The number of nitrogens with zero attached hydrogens (tertiary/aromatic N) is 4. The normalized spacial score (nSPS) is 16.6. The third-order valence-electron chi connectivity index (χ3n) is 10.5. The van der Waals surface area contributed by atoms with Crippen LogP contribution in [0.1, 0.15) is 63.3 Å². The fourth-order valence-electron chi connectivity index (χ4n) is 7.44. The van der Waals surface area contributed by atoms with E-state index in [4.69, 9.17) is 42.6 Å². The lowest BCUT2D eigenvalue weighted by atomic mass is 9.97. The first-order valence-electron chi connectivity index (χ1n) is 19.6. The minimum absolute atomic E-state index is 0.0406. The van der Waals surface area contributed by atoms with Crippen LogP contribution in [0.2, 0.25) is 10.0 Å². The number of carbonyl (C=O) groups excluding carboxylic acids is 3. The lowest BCUT2D eigenvalue weighted by molar-refractivity contribution is -0.120. The van der Waals surface area contributed by atoms with Gasteiger partial charge in [-0.05, 0) is 70.4 Å². The molecule has 3 N–H and O–H groups in total. The molecule has 2 atom stereocenters. The van der Waals surface area contributed by atoms with E-state index < -0.39 is 11.7 Å². The number of benzene rings is 2. The van der Waals surface area contributed by atoms with Crippen LogP contribution in [0.25, 0.3) is 39.2 Å². The van der Waals surface area contributed by atoms with E-state index in [-0.39, 0.29) is 42.5 Å². The molecule has 308 valence electrons. The van der Waals surface area contributed by atoms with Gasteiger partial charge in [-0.15, -0.1) is 0 Å². The number of ether oxygens (including phenoxy) is 2. The minimum atomic E-state index is -0.711. The molecular formula is C44H47Cl2N7O6. The smallest absolute Gasteiger partial charge is 0.410 e. The molecule has 0 radical (unpaired) electrons. The van der Waals surface area contributed by atoms with Crippen LogP contribution in [0, 0.1) is 6.92 Å². The van der Waals surface area contributed by atoms with Crippen LogP contribution in [-0.2, 0) is 27.4 Å². The van der Waals surface area contributed by atoms with Crippen LogP contribution >= 0.6 is 23.2 Å². The van der Waals surface area contributed by atoms with Gasteiger partial charge in [0.05, 0.1) is 35.1 Å². The summed E-state index contributed by atoms with van der Waals surface area (Å²) in [5.74, 6) is 0.328. The Morgan fingerprint density at radius 3 is 2.19 bits per heavy atom. The first kappa shape index (κ1) is 41.7. The number of fused-ring (bicyclic) bond motifs is 1. The van der Waals surface area contributed by atoms with Gasteiger partial charge in [-0.25, -0.2) is 14.8 Å². The van der Waals surface area contributed by atoms with Crippen molar-refractivity contribution in [3.05, 3.63) is 104 Å². The van der Waals surface area contributed by atoms with Gasteiger partial charge in [0.2, 0.25) is 17.7 Å². The number of rotatable bonds is 12. The average Bonchev–Trinajstić information content (AvgIpc) is 3.82. The van der Waals surface area contributed by atoms with Gasteiger partial charge in [0.15, 0.2) is 0 Å². The number of carbonyl (C=O) groups is 3. The molecule has 2 aromatic carbocycles. The van der Waals surface area contributed by atoms with Crippen molar-refractivity contribution < 1.29 is 23.9 Å². The van der Waals surface area contributed by atoms with E-state index >= 15 is 0 Å². The zero-order valence-electron chi connectivity index (χ0n) is 33.7. The summed E-state index contributed by atoms with van der Waals surface area (Å²) < 4.78 is 13.0. The molecule has 2 aliphatic heterocycles. The molecule has 15 heteroatoms. The summed E-state index contributed by atoms with van der Waals surface area (Å²) in [5.41, 5.74) is 5.53. The molecule has 2 saturated heterocycles. The fraction of sp³-hybridized carbons (Fsp3) is 0.364. The van der Waals surface area contributed by atoms with E-state index in [1.807, 2.05) is 60.7 Å². The first-order valence-corrected chi connectivity index (χ1v) is 20.4. The topological polar surface area (TPSA) is 156 Å². The number of amides is 3. The third kappa shape index (κ3) is 9.38. The Morgan fingerprint density at radius 2 is 1.54 bits per heavy atom. The van der Waals surface area contributed by atoms with Crippen LogP contribution in [0.15, 0.2) is 71.7 Å². The molecule has 0 saturated carbocycles. The quantitative estimate of drug-likeness (QED) is 0.119. The Bertz CT molecular complexity index is 2500. The second-order valence-corrected chi connectivity index (χ2v) is 16.7. The van der Waals surface area contributed by atoms with Crippen molar-refractivity contribution in [3.8, 4) is 39.4 Å². The molecule has 0 bridgehead atoms. The molecule has 3 aromatic heterocycles. The van der Waals surface area contributed by atoms with Gasteiger partial charge in [-0.2, -0.15) is 0 Å². The zero-order chi connectivity index (χ0) is 42.0. The molecule has 5 aromatic rings. The van der Waals surface area contributed by atoms with Gasteiger partial charge in [-0.1, -0.05) is 59.6 Å². The van der Waals surface area contributed by atoms with E-state index in [1.165, 1.54) is 11.5 Å². The lowest BCUT2D eigenvalue weighted by Gasteiger charge is -2.29. The van der Waals surface area contributed by atoms with Gasteiger partial charge in [0.1, 0.15) is 11.2 Å². The average molecular weight is 841 g/mol. The molecule has 5 heterocycles. The van der Waals surface area contributed by atoms with Gasteiger partial charge in [0, 0.05) is 84.1 Å². The van der Waals surface area contributed by atoms with Crippen LogP contribution in [0.4, 0.5) is 4.79 Å². The maximum atomic E-state index is 13.4. The van der Waals surface area contributed by atoms with Crippen LogP contribution in [-0.4, -0.2) is 75.1 Å². The SMILES string of the molecule is COc1nc(-c2cccc(-c3cccc(-c4ccn5c(=O)c(C)c(CNC[C@@H]6CCC(=O)N6)nc5c4)c3Cl)c2Cl)ccc1CN(C[C@@H]1CCC(=O)N1)C(=O)OC(C)(C)C. The van der Waals surface area contributed by atoms with E-state index in [9.17, 15) is 19.2 Å². The van der Waals surface area contributed by atoms with Crippen LogP contribution in [0.3, 0.4) is 0 Å². The highest BCUT2D eigenvalue weighted by Crippen LogP contribution is 2.42. The highest BCUT2D eigenvalue weighted by molar-refractivity contribution is 6.39. The maximum absolute atomic E-state index is 13.4. The molecule has 0 spiro atoms. The summed E-state index contributed by atoms with van der Waals surface area (Å²) in [5, 5.41) is 10.1. The van der Waals surface area contributed by atoms with Crippen molar-refractivity contribution in [1.82, 2.24) is 35.2 Å². The van der Waals surface area contributed by atoms with Crippen molar-refractivity contribution in [2.45, 2.75) is 84.2 Å². The van der Waals surface area contributed by atoms with E-state index in [0.717, 1.165) is 17.5 Å². The molecule has 59 heavy (non-hydrogen) atoms. The molecule has 7 rings (SSSR count). The fourth-order valence-corrected chi connectivity index (χ4v) is 8.10. The summed E-state index contributed by atoms with van der Waals surface area (Å²) in [6.07, 6.45) is 3.53. The van der Waals surface area contributed by atoms with Gasteiger partial charge >= 0.3 is 6.09 Å². The predicted octanol–water partition coefficient (Wildman–Crippen LogP) is 7.10. The van der Waals surface area contributed by atoms with Gasteiger partial charge < -0.3 is 30.3 Å². The standard InChI is InChI=1S/C44H47Cl2N7O6/c1-25-35(22-47-21-28-13-16-37(54)48-28)50-36-20-26(18-19-53(36)42(25)56)30-8-6-9-31(39(30)45)32-10-7-11-33(40(32)46)34-15-12-27(41(51-34)58-5)23-52(43(57)59-44(2,3)4)24-29-14-17-38(55)49-29/h6-12,15,18-20,28-29,47H,13-14,16-17,21-24H2,1-5H3,(H,48,54)(H,49,55)/t28-,29-/m0/s1. The van der Waals surface area contributed by atoms with Crippen molar-refractivity contribution >= 4 is 46.8 Å². The third-order valence-corrected chi connectivity index (χ3v) is 11.3. The Labute approximate surface area is 352 Å². The summed E-state index contributed by atoms with van der Waals surface area (Å²) in [4.78, 5) is 61.4. The molecular weight excluding hydrogens is 793 g/mol. The summed E-state index contributed by atoms with van der Waals surface area (Å²) in [7, 11) is 1.52. The van der Waals surface area contributed by atoms with Crippen molar-refractivity contribution in [3.63, 3.8) is 0 Å². The number of halogens is 2. The van der Waals surface area contributed by atoms with Crippen molar-refractivity contribution in [1.29, 1.82) is 0 Å². The molecule has 0 unspecified atom stereocenters. The summed E-state index contributed by atoms with van der Waals surface area (Å²) >= 11 is 14.4. The highest BCUT2D eigenvalue weighted by atomic mass is 35.5. The Balaban J connectivity index is 1.15. The largest absolute Gasteiger partial charge is 0.481 e. The monoisotopic (exact) mass is 839 g/mol. The zero-order valence-corrected chi connectivity index (χ0v) is 35.2. The van der Waals surface area contributed by atoms with Crippen LogP contribution in [0.5, 0.6) is 5.88 Å². The number of pyridine rings is 2.